The Balaban J connectivity index is 1.53. The van der Waals surface area contributed by atoms with Gasteiger partial charge in [0.25, 0.3) is 0 Å². The molecule has 0 aliphatic heterocycles. The fourth-order valence-corrected chi connectivity index (χ4v) is 5.21. The van der Waals surface area contributed by atoms with E-state index in [2.05, 4.69) is 10.1 Å². The number of hydrogen-bond donors (Lipinski definition) is 0. The zero-order valence-corrected chi connectivity index (χ0v) is 11.8. The Morgan fingerprint density at radius 2 is 1.86 bits per heavy atom. The Labute approximate surface area is 121 Å². The molecule has 1 aromatic rings. The molecule has 21 heavy (non-hydrogen) atoms. The van der Waals surface area contributed by atoms with E-state index in [1.807, 2.05) is 0 Å². The maximum absolute atomic E-state index is 12.8. The Kier molecular flexibility index (Phi) is 2.68. The smallest absolute Gasteiger partial charge is 0.390 e. The van der Waals surface area contributed by atoms with E-state index in [-0.39, 0.29) is 17.7 Å². The van der Waals surface area contributed by atoms with Gasteiger partial charge >= 0.3 is 5.95 Å². The molecule has 7 heteroatoms. The molecule has 4 aliphatic carbocycles. The molecule has 4 bridgehead atoms. The highest BCUT2D eigenvalue weighted by Gasteiger charge is 2.54. The van der Waals surface area contributed by atoms with Crippen LogP contribution in [0.3, 0.4) is 0 Å². The van der Waals surface area contributed by atoms with E-state index >= 15 is 0 Å². The monoisotopic (exact) mass is 290 g/mol. The predicted molar refractivity (Wildman–Crippen MR) is 72.3 cm³/mol. The molecule has 1 heterocycles. The number of Topliss-reactive ketones (excluding diaryl/α,β-unsaturated/α-hetero) is 1. The highest BCUT2D eigenvalue weighted by Crippen LogP contribution is 2.60. The van der Waals surface area contributed by atoms with Crippen molar-refractivity contribution in [2.24, 2.45) is 23.2 Å². The topological polar surface area (TPSA) is 90.9 Å². The summed E-state index contributed by atoms with van der Waals surface area (Å²) in [6.07, 6.45) is 8.19. The predicted octanol–water partition coefficient (Wildman–Crippen LogP) is 1.97. The average Bonchev–Trinajstić information content (AvgIpc) is 2.85. The second-order valence-electron chi connectivity index (χ2n) is 7.12. The fourth-order valence-electron chi connectivity index (χ4n) is 5.21. The third-order valence-electron chi connectivity index (χ3n) is 5.62. The lowest BCUT2D eigenvalue weighted by molar-refractivity contribution is -0.394. The number of aromatic nitrogens is 3. The zero-order chi connectivity index (χ0) is 14.6. The van der Waals surface area contributed by atoms with Crippen LogP contribution in [-0.2, 0) is 11.3 Å². The van der Waals surface area contributed by atoms with Crippen molar-refractivity contribution < 1.29 is 9.72 Å². The molecule has 4 aliphatic rings. The summed E-state index contributed by atoms with van der Waals surface area (Å²) < 4.78 is 1.32. The van der Waals surface area contributed by atoms with Crippen LogP contribution < -0.4 is 0 Å². The van der Waals surface area contributed by atoms with Crippen molar-refractivity contribution in [3.05, 3.63) is 16.4 Å². The van der Waals surface area contributed by atoms with Crippen molar-refractivity contribution in [1.29, 1.82) is 0 Å². The van der Waals surface area contributed by atoms with E-state index in [1.54, 1.807) is 0 Å². The van der Waals surface area contributed by atoms with Crippen LogP contribution in [0.2, 0.25) is 0 Å². The molecule has 0 saturated heterocycles. The first-order chi connectivity index (χ1) is 10.0. The normalized spacial score (nSPS) is 36.9. The Morgan fingerprint density at radius 3 is 2.33 bits per heavy atom. The van der Waals surface area contributed by atoms with Gasteiger partial charge in [-0.3, -0.25) is 4.79 Å². The molecule has 0 atom stereocenters. The molecule has 0 spiro atoms. The number of carbonyl (C=O) groups excluding carboxylic acids is 1. The molecule has 0 radical (unpaired) electrons. The zero-order valence-electron chi connectivity index (χ0n) is 11.8. The quantitative estimate of drug-likeness (QED) is 0.624. The molecule has 0 amide bonds. The van der Waals surface area contributed by atoms with E-state index in [9.17, 15) is 14.9 Å². The summed E-state index contributed by atoms with van der Waals surface area (Å²) in [7, 11) is 0. The summed E-state index contributed by atoms with van der Waals surface area (Å²) in [5.41, 5.74) is -0.185. The van der Waals surface area contributed by atoms with Gasteiger partial charge in [-0.1, -0.05) is 4.98 Å². The fraction of sp³-hybridized carbons (Fsp3) is 0.786. The lowest BCUT2D eigenvalue weighted by atomic mass is 9.48. The molecule has 4 saturated carbocycles. The standard InChI is InChI=1S/C14H18N4O3/c19-12(7-17-8-15-13(16-17)18(20)21)14-4-9-1-10(5-14)3-11(2-9)6-14/h8-11H,1-7H2. The van der Waals surface area contributed by atoms with E-state index < -0.39 is 10.9 Å². The summed E-state index contributed by atoms with van der Waals surface area (Å²) in [6, 6.07) is 0. The van der Waals surface area contributed by atoms with Crippen molar-refractivity contribution >= 4 is 11.7 Å². The maximum atomic E-state index is 12.8. The summed E-state index contributed by atoms with van der Waals surface area (Å²) in [5.74, 6) is 1.90. The Hall–Kier alpha value is -1.79. The highest BCUT2D eigenvalue weighted by atomic mass is 16.6. The van der Waals surface area contributed by atoms with Crippen LogP contribution >= 0.6 is 0 Å². The van der Waals surface area contributed by atoms with Crippen LogP contribution in [0.5, 0.6) is 0 Å². The molecule has 112 valence electrons. The van der Waals surface area contributed by atoms with E-state index in [1.165, 1.54) is 30.3 Å². The summed E-state index contributed by atoms with van der Waals surface area (Å²) in [4.78, 5) is 26.4. The van der Waals surface area contributed by atoms with Crippen molar-refractivity contribution in [1.82, 2.24) is 14.8 Å². The second kappa shape index (κ2) is 4.35. The van der Waals surface area contributed by atoms with E-state index in [0.717, 1.165) is 19.3 Å². The SMILES string of the molecule is O=C(Cn1cnc([N+](=O)[O-])n1)C12CC3CC(CC(C3)C1)C2. The molecule has 4 fully saturated rings. The van der Waals surface area contributed by atoms with Crippen LogP contribution in [0.1, 0.15) is 38.5 Å². The number of carbonyl (C=O) groups is 1. The van der Waals surface area contributed by atoms with Crippen molar-refractivity contribution in [2.75, 3.05) is 0 Å². The van der Waals surface area contributed by atoms with Crippen molar-refractivity contribution in [3.63, 3.8) is 0 Å². The number of nitro groups is 1. The Bertz CT molecular complexity index is 574. The molecule has 1 aromatic heterocycles. The van der Waals surface area contributed by atoms with Gasteiger partial charge in [-0.05, 0) is 61.2 Å². The lowest BCUT2D eigenvalue weighted by Gasteiger charge is -2.55. The lowest BCUT2D eigenvalue weighted by Crippen LogP contribution is -2.50. The number of nitrogens with zero attached hydrogens (tertiary/aromatic N) is 4. The van der Waals surface area contributed by atoms with Crippen LogP contribution in [0.25, 0.3) is 0 Å². The van der Waals surface area contributed by atoms with Crippen LogP contribution in [0.4, 0.5) is 5.95 Å². The summed E-state index contributed by atoms with van der Waals surface area (Å²) in [5, 5.41) is 14.4. The summed E-state index contributed by atoms with van der Waals surface area (Å²) >= 11 is 0. The van der Waals surface area contributed by atoms with Crippen molar-refractivity contribution in [2.45, 2.75) is 45.1 Å². The minimum atomic E-state index is -0.633. The van der Waals surface area contributed by atoms with Gasteiger partial charge in [0.1, 0.15) is 6.54 Å². The second-order valence-corrected chi connectivity index (χ2v) is 7.12. The van der Waals surface area contributed by atoms with Crippen LogP contribution in [0, 0.1) is 33.3 Å². The van der Waals surface area contributed by atoms with Gasteiger partial charge < -0.3 is 10.1 Å². The van der Waals surface area contributed by atoms with Crippen molar-refractivity contribution in [3.8, 4) is 0 Å². The Morgan fingerprint density at radius 1 is 1.29 bits per heavy atom. The summed E-state index contributed by atoms with van der Waals surface area (Å²) in [6.45, 7) is 0.118. The van der Waals surface area contributed by atoms with Gasteiger partial charge in [-0.2, -0.15) is 4.68 Å². The van der Waals surface area contributed by atoms with Gasteiger partial charge in [0, 0.05) is 10.5 Å². The largest absolute Gasteiger partial charge is 0.490 e. The molecule has 0 N–H and O–H groups in total. The first-order valence-corrected chi connectivity index (χ1v) is 7.61. The van der Waals surface area contributed by atoms with Gasteiger partial charge in [0.15, 0.2) is 5.78 Å². The number of hydrogen-bond acceptors (Lipinski definition) is 5. The van der Waals surface area contributed by atoms with Gasteiger partial charge in [0.2, 0.25) is 6.33 Å². The first-order valence-electron chi connectivity index (χ1n) is 7.61. The molecule has 0 unspecified atom stereocenters. The van der Waals surface area contributed by atoms with E-state index in [4.69, 9.17) is 0 Å². The van der Waals surface area contributed by atoms with Gasteiger partial charge in [-0.25, -0.2) is 0 Å². The number of rotatable bonds is 4. The van der Waals surface area contributed by atoms with Crippen LogP contribution in [0.15, 0.2) is 6.33 Å². The highest BCUT2D eigenvalue weighted by molar-refractivity contribution is 5.85. The molecule has 0 aromatic carbocycles. The van der Waals surface area contributed by atoms with Gasteiger partial charge in [0.05, 0.1) is 0 Å². The minimum Gasteiger partial charge on any atom is -0.390 e. The molecule has 7 nitrogen and oxygen atoms in total. The third kappa shape index (κ3) is 2.06. The average molecular weight is 290 g/mol. The molecular weight excluding hydrogens is 272 g/mol. The van der Waals surface area contributed by atoms with Crippen LogP contribution in [-0.4, -0.2) is 25.5 Å². The number of ketones is 1. The van der Waals surface area contributed by atoms with Gasteiger partial charge in [-0.15, -0.1) is 0 Å². The van der Waals surface area contributed by atoms with E-state index in [0.29, 0.717) is 17.8 Å². The maximum Gasteiger partial charge on any atom is 0.490 e. The minimum absolute atomic E-state index is 0.118. The first kappa shape index (κ1) is 12.9. The molecular formula is C14H18N4O3. The third-order valence-corrected chi connectivity index (χ3v) is 5.62. The molecule has 5 rings (SSSR count).